The van der Waals surface area contributed by atoms with Crippen molar-refractivity contribution in [1.29, 1.82) is 0 Å². The number of amides is 1. The van der Waals surface area contributed by atoms with E-state index in [1.54, 1.807) is 4.90 Å². The lowest BCUT2D eigenvalue weighted by molar-refractivity contribution is 0.0677. The summed E-state index contributed by atoms with van der Waals surface area (Å²) in [6.45, 7) is 3.52. The van der Waals surface area contributed by atoms with Gasteiger partial charge in [-0.25, -0.2) is 8.42 Å². The Balaban J connectivity index is 2.16. The van der Waals surface area contributed by atoms with Gasteiger partial charge < -0.3 is 9.88 Å². The number of carbonyl (C=O) groups is 1. The van der Waals surface area contributed by atoms with E-state index in [4.69, 9.17) is 10.7 Å². The average Bonchev–Trinajstić information content (AvgIpc) is 2.77. The topological polar surface area (TPSA) is 70.2 Å². The van der Waals surface area contributed by atoms with Crippen LogP contribution in [0.2, 0.25) is 0 Å². The Hall–Kier alpha value is -1.01. The summed E-state index contributed by atoms with van der Waals surface area (Å²) in [7, 11) is 1.43. The molecular weight excluding hydrogens is 276 g/mol. The number of hydrogen-bond acceptors (Lipinski definition) is 3. The van der Waals surface area contributed by atoms with Gasteiger partial charge in [-0.3, -0.25) is 4.79 Å². The maximum absolute atomic E-state index is 12.1. The number of halogens is 1. The number of aromatic nitrogens is 1. The van der Waals surface area contributed by atoms with Crippen molar-refractivity contribution < 1.29 is 13.2 Å². The van der Waals surface area contributed by atoms with Gasteiger partial charge in [-0.2, -0.15) is 0 Å². The van der Waals surface area contributed by atoms with Crippen LogP contribution in [0.1, 0.15) is 30.3 Å². The van der Waals surface area contributed by atoms with Crippen molar-refractivity contribution in [3.8, 4) is 0 Å². The van der Waals surface area contributed by atoms with E-state index < -0.39 is 9.05 Å². The molecule has 0 saturated carbocycles. The minimum atomic E-state index is -3.79. The van der Waals surface area contributed by atoms with Gasteiger partial charge in [-0.15, -0.1) is 0 Å². The van der Waals surface area contributed by atoms with Crippen molar-refractivity contribution in [3.05, 3.63) is 18.0 Å². The lowest BCUT2D eigenvalue weighted by Crippen LogP contribution is -2.39. The highest BCUT2D eigenvalue weighted by atomic mass is 35.7. The van der Waals surface area contributed by atoms with Crippen LogP contribution < -0.4 is 0 Å². The van der Waals surface area contributed by atoms with Crippen molar-refractivity contribution in [3.63, 3.8) is 0 Å². The van der Waals surface area contributed by atoms with Crippen LogP contribution in [0.3, 0.4) is 0 Å². The molecule has 1 amide bonds. The fourth-order valence-corrected chi connectivity index (χ4v) is 2.91. The van der Waals surface area contributed by atoms with E-state index >= 15 is 0 Å². The minimum absolute atomic E-state index is 0.0717. The summed E-state index contributed by atoms with van der Waals surface area (Å²) in [6.07, 6.45) is 3.34. The standard InChI is InChI=1S/C11H15ClN2O3S/c1-8-3-2-4-14(7-8)11(15)10-5-9(6-13-10)18(12,16)17/h5-6,8,13H,2-4,7H2,1H3. The first-order valence-corrected chi connectivity index (χ1v) is 8.11. The second-order valence-corrected chi connectivity index (χ2v) is 7.25. The van der Waals surface area contributed by atoms with Crippen LogP contribution in [0.15, 0.2) is 17.2 Å². The normalized spacial score (nSPS) is 21.0. The second kappa shape index (κ2) is 4.93. The number of likely N-dealkylation sites (tertiary alicyclic amines) is 1. The zero-order valence-electron chi connectivity index (χ0n) is 10.0. The van der Waals surface area contributed by atoms with Crippen LogP contribution in [0.4, 0.5) is 0 Å². The first-order valence-electron chi connectivity index (χ1n) is 5.80. The summed E-state index contributed by atoms with van der Waals surface area (Å²) >= 11 is 0. The lowest BCUT2D eigenvalue weighted by atomic mass is 10.0. The Morgan fingerprint density at radius 3 is 2.83 bits per heavy atom. The largest absolute Gasteiger partial charge is 0.356 e. The van der Waals surface area contributed by atoms with Gasteiger partial charge in [0.15, 0.2) is 0 Å². The smallest absolute Gasteiger partial charge is 0.270 e. The van der Waals surface area contributed by atoms with Crippen molar-refractivity contribution in [2.24, 2.45) is 5.92 Å². The highest BCUT2D eigenvalue weighted by Gasteiger charge is 2.24. The highest BCUT2D eigenvalue weighted by molar-refractivity contribution is 8.13. The van der Waals surface area contributed by atoms with Crippen LogP contribution in [-0.2, 0) is 9.05 Å². The number of nitrogens with zero attached hydrogens (tertiary/aromatic N) is 1. The minimum Gasteiger partial charge on any atom is -0.356 e. The van der Waals surface area contributed by atoms with E-state index in [-0.39, 0.29) is 16.5 Å². The summed E-state index contributed by atoms with van der Waals surface area (Å²) in [5, 5.41) is 0. The number of rotatable bonds is 2. The molecule has 0 radical (unpaired) electrons. The lowest BCUT2D eigenvalue weighted by Gasteiger charge is -2.30. The van der Waals surface area contributed by atoms with Crippen LogP contribution >= 0.6 is 10.7 Å². The van der Waals surface area contributed by atoms with E-state index in [1.165, 1.54) is 12.3 Å². The highest BCUT2D eigenvalue weighted by Crippen LogP contribution is 2.20. The number of piperidine rings is 1. The van der Waals surface area contributed by atoms with Crippen LogP contribution in [0.5, 0.6) is 0 Å². The molecule has 1 saturated heterocycles. The molecule has 5 nitrogen and oxygen atoms in total. The van der Waals surface area contributed by atoms with Gasteiger partial charge in [0.25, 0.3) is 15.0 Å². The molecule has 7 heteroatoms. The first-order chi connectivity index (χ1) is 8.38. The molecule has 1 aliphatic rings. The van der Waals surface area contributed by atoms with Gasteiger partial charge in [0.1, 0.15) is 10.6 Å². The third kappa shape index (κ3) is 2.87. The molecule has 1 N–H and O–H groups in total. The summed E-state index contributed by atoms with van der Waals surface area (Å²) in [5.41, 5.74) is 0.267. The number of H-pyrrole nitrogens is 1. The number of carbonyl (C=O) groups excluding carboxylic acids is 1. The molecule has 1 unspecified atom stereocenters. The molecule has 2 heterocycles. The maximum atomic E-state index is 12.1. The third-order valence-electron chi connectivity index (χ3n) is 3.11. The predicted molar refractivity (Wildman–Crippen MR) is 68.1 cm³/mol. The molecule has 18 heavy (non-hydrogen) atoms. The Morgan fingerprint density at radius 2 is 2.28 bits per heavy atom. The second-order valence-electron chi connectivity index (χ2n) is 4.69. The molecule has 0 aliphatic carbocycles. The molecule has 100 valence electrons. The number of aromatic amines is 1. The van der Waals surface area contributed by atoms with Crippen molar-refractivity contribution in [2.45, 2.75) is 24.7 Å². The van der Waals surface area contributed by atoms with Gasteiger partial charge in [-0.05, 0) is 24.8 Å². The van der Waals surface area contributed by atoms with Crippen LogP contribution in [-0.4, -0.2) is 37.3 Å². The molecule has 1 atom stereocenters. The molecule has 0 aromatic carbocycles. The summed E-state index contributed by atoms with van der Waals surface area (Å²) in [4.78, 5) is 16.5. The van der Waals surface area contributed by atoms with Crippen molar-refractivity contribution in [1.82, 2.24) is 9.88 Å². The van der Waals surface area contributed by atoms with Crippen LogP contribution in [0, 0.1) is 5.92 Å². The van der Waals surface area contributed by atoms with Gasteiger partial charge in [-0.1, -0.05) is 6.92 Å². The Morgan fingerprint density at radius 1 is 1.56 bits per heavy atom. The van der Waals surface area contributed by atoms with Gasteiger partial charge in [0.2, 0.25) is 0 Å². The van der Waals surface area contributed by atoms with E-state index in [2.05, 4.69) is 11.9 Å². The first kappa shape index (κ1) is 13.4. The van der Waals surface area contributed by atoms with Crippen LogP contribution in [0.25, 0.3) is 0 Å². The number of nitrogens with one attached hydrogen (secondary N) is 1. The van der Waals surface area contributed by atoms with Crippen molar-refractivity contribution >= 4 is 25.6 Å². The zero-order valence-corrected chi connectivity index (χ0v) is 11.6. The van der Waals surface area contributed by atoms with Gasteiger partial charge in [0.05, 0.1) is 0 Å². The fraction of sp³-hybridized carbons (Fsp3) is 0.545. The molecule has 1 aromatic heterocycles. The zero-order chi connectivity index (χ0) is 13.3. The predicted octanol–water partition coefficient (Wildman–Crippen LogP) is 1.81. The Labute approximate surface area is 111 Å². The Bertz CT molecular complexity index is 552. The molecular formula is C11H15ClN2O3S. The fourth-order valence-electron chi connectivity index (χ4n) is 2.18. The monoisotopic (exact) mass is 290 g/mol. The summed E-state index contributed by atoms with van der Waals surface area (Å²) < 4.78 is 22.2. The van der Waals surface area contributed by atoms with Crippen molar-refractivity contribution in [2.75, 3.05) is 13.1 Å². The van der Waals surface area contributed by atoms with E-state index in [1.807, 2.05) is 0 Å². The molecule has 2 rings (SSSR count). The third-order valence-corrected chi connectivity index (χ3v) is 4.45. The Kier molecular flexibility index (Phi) is 3.68. The van der Waals surface area contributed by atoms with Gasteiger partial charge in [0, 0.05) is 30.0 Å². The number of hydrogen-bond donors (Lipinski definition) is 1. The summed E-state index contributed by atoms with van der Waals surface area (Å²) in [6, 6.07) is 1.28. The average molecular weight is 291 g/mol. The van der Waals surface area contributed by atoms with E-state index in [9.17, 15) is 13.2 Å². The SMILES string of the molecule is CC1CCCN(C(=O)c2cc(S(=O)(=O)Cl)c[nH]2)C1. The molecule has 1 fully saturated rings. The molecule has 0 spiro atoms. The molecule has 0 bridgehead atoms. The molecule has 1 aliphatic heterocycles. The van der Waals surface area contributed by atoms with E-state index in [0.717, 1.165) is 12.8 Å². The quantitative estimate of drug-likeness (QED) is 0.845. The summed E-state index contributed by atoms with van der Waals surface area (Å²) in [5.74, 6) is 0.307. The van der Waals surface area contributed by atoms with Gasteiger partial charge >= 0.3 is 0 Å². The maximum Gasteiger partial charge on any atom is 0.270 e. The van der Waals surface area contributed by atoms with E-state index in [0.29, 0.717) is 19.0 Å². The molecule has 1 aromatic rings.